The first-order chi connectivity index (χ1) is 12.1. The highest BCUT2D eigenvalue weighted by Crippen LogP contribution is 2.32. The zero-order valence-electron chi connectivity index (χ0n) is 14.8. The predicted molar refractivity (Wildman–Crippen MR) is 98.0 cm³/mol. The fraction of sp³-hybridized carbons (Fsp3) is 0.400. The first kappa shape index (κ1) is 17.3. The molecule has 132 valence electrons. The molecule has 2 aromatic rings. The maximum absolute atomic E-state index is 12.2. The van der Waals surface area contributed by atoms with Gasteiger partial charge in [-0.2, -0.15) is 0 Å². The highest BCUT2D eigenvalue weighted by atomic mass is 16.5. The van der Waals surface area contributed by atoms with Gasteiger partial charge < -0.3 is 15.4 Å². The summed E-state index contributed by atoms with van der Waals surface area (Å²) in [6.07, 6.45) is 4.47. The fourth-order valence-electron chi connectivity index (χ4n) is 3.11. The Bertz CT molecular complexity index is 716. The second-order valence-electron chi connectivity index (χ2n) is 7.06. The zero-order valence-corrected chi connectivity index (χ0v) is 14.8. The minimum absolute atomic E-state index is 0.133. The van der Waals surface area contributed by atoms with Gasteiger partial charge >= 0.3 is 6.03 Å². The van der Waals surface area contributed by atoms with E-state index < -0.39 is 0 Å². The summed E-state index contributed by atoms with van der Waals surface area (Å²) >= 11 is 0. The molecule has 1 aliphatic heterocycles. The van der Waals surface area contributed by atoms with Crippen molar-refractivity contribution in [3.05, 3.63) is 59.9 Å². The second-order valence-corrected chi connectivity index (χ2v) is 7.06. The lowest BCUT2D eigenvalue weighted by Gasteiger charge is -2.27. The number of carbonyl (C=O) groups excluding carboxylic acids is 1. The third-order valence-corrected chi connectivity index (χ3v) is 4.74. The molecular weight excluding hydrogens is 314 g/mol. The predicted octanol–water partition coefficient (Wildman–Crippen LogP) is 3.22. The van der Waals surface area contributed by atoms with Gasteiger partial charge in [0.15, 0.2) is 0 Å². The van der Waals surface area contributed by atoms with Gasteiger partial charge in [0.05, 0.1) is 6.61 Å². The van der Waals surface area contributed by atoms with E-state index in [1.165, 1.54) is 5.56 Å². The molecule has 0 spiro atoms. The van der Waals surface area contributed by atoms with Gasteiger partial charge in [-0.05, 0) is 35.7 Å². The Kier molecular flexibility index (Phi) is 5.22. The number of pyridine rings is 1. The van der Waals surface area contributed by atoms with Gasteiger partial charge in [0.1, 0.15) is 5.75 Å². The van der Waals surface area contributed by atoms with Crippen LogP contribution < -0.4 is 15.4 Å². The number of ether oxygens (including phenoxy) is 1. The summed E-state index contributed by atoms with van der Waals surface area (Å²) in [5, 5.41) is 5.98. The molecule has 5 nitrogen and oxygen atoms in total. The first-order valence-corrected chi connectivity index (χ1v) is 8.70. The van der Waals surface area contributed by atoms with Crippen LogP contribution in [0.3, 0.4) is 0 Å². The van der Waals surface area contributed by atoms with E-state index in [0.29, 0.717) is 25.6 Å². The van der Waals surface area contributed by atoms with Crippen LogP contribution in [0.5, 0.6) is 5.75 Å². The summed E-state index contributed by atoms with van der Waals surface area (Å²) in [5.41, 5.74) is 2.18. The van der Waals surface area contributed by atoms with E-state index in [4.69, 9.17) is 4.74 Å². The van der Waals surface area contributed by atoms with Crippen molar-refractivity contribution in [2.75, 3.05) is 19.7 Å². The SMILES string of the molecule is CC(C)(CNC(=O)NC[C@H]1CCOc2ccccc21)c1ccncc1. The monoisotopic (exact) mass is 339 g/mol. The molecular formula is C20H25N3O2. The maximum atomic E-state index is 12.2. The Labute approximate surface area is 148 Å². The highest BCUT2D eigenvalue weighted by molar-refractivity contribution is 5.74. The summed E-state index contributed by atoms with van der Waals surface area (Å²) < 4.78 is 5.67. The molecule has 0 saturated heterocycles. The van der Waals surface area contributed by atoms with E-state index in [0.717, 1.165) is 17.7 Å². The number of nitrogens with one attached hydrogen (secondary N) is 2. The molecule has 3 rings (SSSR count). The van der Waals surface area contributed by atoms with Crippen molar-refractivity contribution in [3.8, 4) is 5.75 Å². The van der Waals surface area contributed by atoms with Gasteiger partial charge in [0.25, 0.3) is 0 Å². The van der Waals surface area contributed by atoms with Crippen LogP contribution in [0, 0.1) is 0 Å². The number of hydrogen-bond donors (Lipinski definition) is 2. The van der Waals surface area contributed by atoms with Crippen LogP contribution in [0.4, 0.5) is 4.79 Å². The lowest BCUT2D eigenvalue weighted by molar-refractivity contribution is 0.233. The van der Waals surface area contributed by atoms with Crippen molar-refractivity contribution in [3.63, 3.8) is 0 Å². The van der Waals surface area contributed by atoms with Crippen molar-refractivity contribution in [2.45, 2.75) is 31.6 Å². The summed E-state index contributed by atoms with van der Waals surface area (Å²) in [6, 6.07) is 11.9. The highest BCUT2D eigenvalue weighted by Gasteiger charge is 2.23. The summed E-state index contributed by atoms with van der Waals surface area (Å²) in [5.74, 6) is 1.23. The minimum Gasteiger partial charge on any atom is -0.493 e. The molecule has 2 heterocycles. The smallest absolute Gasteiger partial charge is 0.314 e. The van der Waals surface area contributed by atoms with Crippen molar-refractivity contribution >= 4 is 6.03 Å². The lowest BCUT2D eigenvalue weighted by atomic mass is 9.85. The van der Waals surface area contributed by atoms with E-state index >= 15 is 0 Å². The van der Waals surface area contributed by atoms with Crippen LogP contribution >= 0.6 is 0 Å². The van der Waals surface area contributed by atoms with Crippen molar-refractivity contribution in [1.29, 1.82) is 0 Å². The Hall–Kier alpha value is -2.56. The van der Waals surface area contributed by atoms with Gasteiger partial charge in [-0.25, -0.2) is 4.79 Å². The summed E-state index contributed by atoms with van der Waals surface area (Å²) in [7, 11) is 0. The molecule has 1 atom stereocenters. The van der Waals surface area contributed by atoms with Crippen molar-refractivity contribution in [2.24, 2.45) is 0 Å². The molecule has 1 aromatic carbocycles. The number of amides is 2. The molecule has 0 bridgehead atoms. The van der Waals surface area contributed by atoms with Crippen LogP contribution in [0.2, 0.25) is 0 Å². The van der Waals surface area contributed by atoms with E-state index in [2.05, 4.69) is 35.5 Å². The number of carbonyl (C=O) groups is 1. The Morgan fingerprint density at radius 2 is 1.96 bits per heavy atom. The van der Waals surface area contributed by atoms with Crippen LogP contribution in [0.1, 0.15) is 37.3 Å². The summed E-state index contributed by atoms with van der Waals surface area (Å²) in [4.78, 5) is 16.3. The molecule has 1 aliphatic rings. The lowest BCUT2D eigenvalue weighted by Crippen LogP contribution is -2.43. The standard InChI is InChI=1S/C20H25N3O2/c1-20(2,16-7-10-21-11-8-16)14-23-19(24)22-13-15-9-12-25-18-6-4-3-5-17(15)18/h3-8,10-11,15H,9,12-14H2,1-2H3,(H2,22,23,24)/t15-/m1/s1. The number of urea groups is 1. The van der Waals surface area contributed by atoms with E-state index in [9.17, 15) is 4.79 Å². The average Bonchev–Trinajstić information content (AvgIpc) is 2.65. The fourth-order valence-corrected chi connectivity index (χ4v) is 3.11. The van der Waals surface area contributed by atoms with Crippen molar-refractivity contribution in [1.82, 2.24) is 15.6 Å². The molecule has 1 aromatic heterocycles. The van der Waals surface area contributed by atoms with Gasteiger partial charge in [-0.3, -0.25) is 4.98 Å². The molecule has 0 unspecified atom stereocenters. The molecule has 25 heavy (non-hydrogen) atoms. The third kappa shape index (κ3) is 4.29. The first-order valence-electron chi connectivity index (χ1n) is 8.70. The number of para-hydroxylation sites is 1. The number of aromatic nitrogens is 1. The largest absolute Gasteiger partial charge is 0.493 e. The van der Waals surface area contributed by atoms with E-state index in [1.807, 2.05) is 30.3 Å². The molecule has 5 heteroatoms. The van der Waals surface area contributed by atoms with Crippen molar-refractivity contribution < 1.29 is 9.53 Å². The average molecular weight is 339 g/mol. The zero-order chi connectivity index (χ0) is 17.7. The van der Waals surface area contributed by atoms with E-state index in [1.54, 1.807) is 12.4 Å². The van der Waals surface area contributed by atoms with Crippen LogP contribution in [-0.2, 0) is 5.41 Å². The molecule has 0 fully saturated rings. The van der Waals surface area contributed by atoms with Crippen LogP contribution in [-0.4, -0.2) is 30.7 Å². The molecule has 0 aliphatic carbocycles. The molecule has 2 amide bonds. The molecule has 0 radical (unpaired) electrons. The number of fused-ring (bicyclic) bond motifs is 1. The Morgan fingerprint density at radius 3 is 2.76 bits per heavy atom. The number of rotatable bonds is 5. The van der Waals surface area contributed by atoms with Crippen LogP contribution in [0.15, 0.2) is 48.8 Å². The normalized spacial score (nSPS) is 16.5. The minimum atomic E-state index is -0.147. The Morgan fingerprint density at radius 1 is 1.20 bits per heavy atom. The molecule has 2 N–H and O–H groups in total. The van der Waals surface area contributed by atoms with Gasteiger partial charge in [-0.15, -0.1) is 0 Å². The number of hydrogen-bond acceptors (Lipinski definition) is 3. The maximum Gasteiger partial charge on any atom is 0.314 e. The second kappa shape index (κ2) is 7.55. The van der Waals surface area contributed by atoms with Gasteiger partial charge in [-0.1, -0.05) is 32.0 Å². The van der Waals surface area contributed by atoms with Gasteiger partial charge in [0.2, 0.25) is 0 Å². The molecule has 0 saturated carbocycles. The third-order valence-electron chi connectivity index (χ3n) is 4.74. The Balaban J connectivity index is 1.51. The van der Waals surface area contributed by atoms with E-state index in [-0.39, 0.29) is 11.4 Å². The summed E-state index contributed by atoms with van der Waals surface area (Å²) in [6.45, 7) is 6.09. The number of benzene rings is 1. The van der Waals surface area contributed by atoms with Gasteiger partial charge in [0, 0.05) is 36.8 Å². The van der Waals surface area contributed by atoms with Crippen LogP contribution in [0.25, 0.3) is 0 Å². The quantitative estimate of drug-likeness (QED) is 0.879. The topological polar surface area (TPSA) is 63.2 Å². The number of nitrogens with zero attached hydrogens (tertiary/aromatic N) is 1.